The molecule has 2 aliphatic heterocycles. The zero-order chi connectivity index (χ0) is 12.4. The van der Waals surface area contributed by atoms with E-state index in [1.54, 1.807) is 0 Å². The van der Waals surface area contributed by atoms with Gasteiger partial charge in [0.15, 0.2) is 0 Å². The summed E-state index contributed by atoms with van der Waals surface area (Å²) in [6, 6.07) is 1.51. The van der Waals surface area contributed by atoms with Crippen LogP contribution in [0.2, 0.25) is 0 Å². The highest BCUT2D eigenvalue weighted by molar-refractivity contribution is 4.93. The lowest BCUT2D eigenvalue weighted by molar-refractivity contribution is 0.0423. The standard InChI is InChI=1S/C15H28N2O/c1-18-11-15(12-6-7-12)17-9-3-4-13(10-17)14-5-2-8-16-14/h12-16H,2-11H2,1H3. The molecule has 18 heavy (non-hydrogen) atoms. The van der Waals surface area contributed by atoms with Crippen LogP contribution in [0.4, 0.5) is 0 Å². The van der Waals surface area contributed by atoms with Crippen LogP contribution in [0.3, 0.4) is 0 Å². The molecular weight excluding hydrogens is 224 g/mol. The van der Waals surface area contributed by atoms with Gasteiger partial charge in [-0.3, -0.25) is 4.90 Å². The summed E-state index contributed by atoms with van der Waals surface area (Å²) in [6.07, 6.45) is 8.45. The summed E-state index contributed by atoms with van der Waals surface area (Å²) in [5.74, 6) is 1.82. The van der Waals surface area contributed by atoms with Gasteiger partial charge in [-0.1, -0.05) is 0 Å². The molecule has 0 aromatic rings. The Labute approximate surface area is 111 Å². The lowest BCUT2D eigenvalue weighted by Crippen LogP contribution is -2.49. The zero-order valence-corrected chi connectivity index (χ0v) is 11.7. The van der Waals surface area contributed by atoms with Gasteiger partial charge in [0.05, 0.1) is 6.61 Å². The van der Waals surface area contributed by atoms with Crippen LogP contribution in [0.25, 0.3) is 0 Å². The second-order valence-corrected chi connectivity index (χ2v) is 6.46. The fraction of sp³-hybridized carbons (Fsp3) is 1.00. The first-order valence-corrected chi connectivity index (χ1v) is 7.85. The molecule has 0 bridgehead atoms. The van der Waals surface area contributed by atoms with E-state index in [4.69, 9.17) is 4.74 Å². The summed E-state index contributed by atoms with van der Waals surface area (Å²) >= 11 is 0. The molecule has 0 spiro atoms. The number of hydrogen-bond donors (Lipinski definition) is 1. The van der Waals surface area contributed by atoms with Crippen LogP contribution < -0.4 is 5.32 Å². The number of piperidine rings is 1. The van der Waals surface area contributed by atoms with Crippen LogP contribution in [-0.4, -0.2) is 50.3 Å². The Morgan fingerprint density at radius 3 is 2.78 bits per heavy atom. The van der Waals surface area contributed by atoms with Crippen molar-refractivity contribution >= 4 is 0 Å². The normalized spacial score (nSPS) is 35.8. The lowest BCUT2D eigenvalue weighted by atomic mass is 9.88. The maximum atomic E-state index is 5.46. The van der Waals surface area contributed by atoms with Gasteiger partial charge in [0.1, 0.15) is 0 Å². The first-order valence-electron chi connectivity index (χ1n) is 7.85. The van der Waals surface area contributed by atoms with Crippen LogP contribution in [0.1, 0.15) is 38.5 Å². The van der Waals surface area contributed by atoms with Gasteiger partial charge in [-0.2, -0.15) is 0 Å². The number of methoxy groups -OCH3 is 1. The fourth-order valence-electron chi connectivity index (χ4n) is 3.98. The summed E-state index contributed by atoms with van der Waals surface area (Å²) in [6.45, 7) is 4.79. The van der Waals surface area contributed by atoms with E-state index in [9.17, 15) is 0 Å². The van der Waals surface area contributed by atoms with Gasteiger partial charge < -0.3 is 10.1 Å². The van der Waals surface area contributed by atoms with Gasteiger partial charge in [0.2, 0.25) is 0 Å². The molecular formula is C15H28N2O. The van der Waals surface area contributed by atoms with Crippen molar-refractivity contribution in [1.29, 1.82) is 0 Å². The average Bonchev–Trinajstić information content (AvgIpc) is 3.09. The van der Waals surface area contributed by atoms with Gasteiger partial charge in [-0.25, -0.2) is 0 Å². The summed E-state index contributed by atoms with van der Waals surface area (Å²) in [5, 5.41) is 3.70. The van der Waals surface area contributed by atoms with Gasteiger partial charge >= 0.3 is 0 Å². The van der Waals surface area contributed by atoms with Crippen LogP contribution >= 0.6 is 0 Å². The molecule has 0 amide bonds. The van der Waals surface area contributed by atoms with Crippen molar-refractivity contribution in [2.45, 2.75) is 50.6 Å². The molecule has 3 aliphatic rings. The third-order valence-corrected chi connectivity index (χ3v) is 5.13. The van der Waals surface area contributed by atoms with E-state index in [0.717, 1.165) is 24.5 Å². The quantitative estimate of drug-likeness (QED) is 0.808. The van der Waals surface area contributed by atoms with E-state index in [0.29, 0.717) is 6.04 Å². The molecule has 0 aromatic heterocycles. The Bertz CT molecular complexity index is 261. The number of rotatable bonds is 5. The smallest absolute Gasteiger partial charge is 0.0620 e. The molecule has 2 heterocycles. The molecule has 2 saturated heterocycles. The highest BCUT2D eigenvalue weighted by Crippen LogP contribution is 2.37. The monoisotopic (exact) mass is 252 g/mol. The van der Waals surface area contributed by atoms with E-state index in [2.05, 4.69) is 10.2 Å². The number of likely N-dealkylation sites (tertiary alicyclic amines) is 1. The minimum absolute atomic E-state index is 0.708. The second-order valence-electron chi connectivity index (χ2n) is 6.46. The highest BCUT2D eigenvalue weighted by Gasteiger charge is 2.38. The number of ether oxygens (including phenoxy) is 1. The van der Waals surface area contributed by atoms with Crippen molar-refractivity contribution in [2.24, 2.45) is 11.8 Å². The first kappa shape index (κ1) is 12.9. The summed E-state index contributed by atoms with van der Waals surface area (Å²) in [7, 11) is 1.86. The molecule has 3 rings (SSSR count). The number of hydrogen-bond acceptors (Lipinski definition) is 3. The Balaban J connectivity index is 1.57. The minimum atomic E-state index is 0.708. The van der Waals surface area contributed by atoms with E-state index in [-0.39, 0.29) is 0 Å². The van der Waals surface area contributed by atoms with Crippen molar-refractivity contribution < 1.29 is 4.74 Å². The van der Waals surface area contributed by atoms with Crippen molar-refractivity contribution in [3.05, 3.63) is 0 Å². The molecule has 3 heteroatoms. The van der Waals surface area contributed by atoms with E-state index < -0.39 is 0 Å². The minimum Gasteiger partial charge on any atom is -0.383 e. The molecule has 0 radical (unpaired) electrons. The first-order chi connectivity index (χ1) is 8.88. The van der Waals surface area contributed by atoms with E-state index in [1.165, 1.54) is 58.2 Å². The molecule has 1 saturated carbocycles. The Morgan fingerprint density at radius 2 is 2.11 bits per heavy atom. The van der Waals surface area contributed by atoms with Crippen LogP contribution in [-0.2, 0) is 4.74 Å². The Hall–Kier alpha value is -0.120. The maximum Gasteiger partial charge on any atom is 0.0620 e. The molecule has 3 fully saturated rings. The maximum absolute atomic E-state index is 5.46. The van der Waals surface area contributed by atoms with Crippen LogP contribution in [0.5, 0.6) is 0 Å². The Kier molecular flexibility index (Phi) is 4.22. The number of nitrogens with one attached hydrogen (secondary N) is 1. The molecule has 3 unspecified atom stereocenters. The summed E-state index contributed by atoms with van der Waals surface area (Å²) in [4.78, 5) is 2.75. The second kappa shape index (κ2) is 5.89. The lowest BCUT2D eigenvalue weighted by Gasteiger charge is -2.40. The SMILES string of the molecule is COCC(C1CC1)N1CCCC(C2CCCN2)C1. The number of nitrogens with zero attached hydrogens (tertiary/aromatic N) is 1. The highest BCUT2D eigenvalue weighted by atomic mass is 16.5. The molecule has 1 N–H and O–H groups in total. The predicted molar refractivity (Wildman–Crippen MR) is 73.7 cm³/mol. The van der Waals surface area contributed by atoms with Crippen molar-refractivity contribution in [1.82, 2.24) is 10.2 Å². The largest absolute Gasteiger partial charge is 0.383 e. The predicted octanol–water partition coefficient (Wildman–Crippen LogP) is 1.88. The third-order valence-electron chi connectivity index (χ3n) is 5.13. The molecule has 3 atom stereocenters. The molecule has 1 aliphatic carbocycles. The third kappa shape index (κ3) is 2.89. The van der Waals surface area contributed by atoms with Crippen molar-refractivity contribution in [3.63, 3.8) is 0 Å². The average molecular weight is 252 g/mol. The fourth-order valence-corrected chi connectivity index (χ4v) is 3.98. The molecule has 0 aromatic carbocycles. The van der Waals surface area contributed by atoms with E-state index in [1.807, 2.05) is 7.11 Å². The van der Waals surface area contributed by atoms with Gasteiger partial charge in [0, 0.05) is 25.7 Å². The van der Waals surface area contributed by atoms with Gasteiger partial charge in [-0.05, 0) is 63.5 Å². The van der Waals surface area contributed by atoms with E-state index >= 15 is 0 Å². The van der Waals surface area contributed by atoms with Gasteiger partial charge in [-0.15, -0.1) is 0 Å². The Morgan fingerprint density at radius 1 is 1.22 bits per heavy atom. The van der Waals surface area contributed by atoms with Crippen molar-refractivity contribution in [3.8, 4) is 0 Å². The van der Waals surface area contributed by atoms with Crippen LogP contribution in [0, 0.1) is 11.8 Å². The van der Waals surface area contributed by atoms with Crippen molar-refractivity contribution in [2.75, 3.05) is 33.4 Å². The molecule has 3 nitrogen and oxygen atoms in total. The zero-order valence-electron chi connectivity index (χ0n) is 11.7. The van der Waals surface area contributed by atoms with Gasteiger partial charge in [0.25, 0.3) is 0 Å². The van der Waals surface area contributed by atoms with Crippen LogP contribution in [0.15, 0.2) is 0 Å². The topological polar surface area (TPSA) is 24.5 Å². The summed E-state index contributed by atoms with van der Waals surface area (Å²) < 4.78 is 5.46. The summed E-state index contributed by atoms with van der Waals surface area (Å²) in [5.41, 5.74) is 0. The molecule has 104 valence electrons.